The second-order valence-corrected chi connectivity index (χ2v) is 3.98. The van der Waals surface area contributed by atoms with Gasteiger partial charge in [0.2, 0.25) is 0 Å². The number of hydrogen-bond donors (Lipinski definition) is 1. The van der Waals surface area contributed by atoms with Crippen molar-refractivity contribution in [3.63, 3.8) is 0 Å². The fraction of sp³-hybridized carbons (Fsp3) is 0.800. The molecule has 1 aromatic heterocycles. The lowest BCUT2D eigenvalue weighted by molar-refractivity contribution is 0.373. The van der Waals surface area contributed by atoms with Gasteiger partial charge >= 0.3 is 0 Å². The molecule has 1 unspecified atom stereocenters. The first-order valence-electron chi connectivity index (χ1n) is 5.48. The van der Waals surface area contributed by atoms with Gasteiger partial charge in [-0.2, -0.15) is 0 Å². The molecule has 78 valence electrons. The van der Waals surface area contributed by atoms with Crippen molar-refractivity contribution in [1.82, 2.24) is 20.3 Å². The van der Waals surface area contributed by atoms with Crippen molar-refractivity contribution in [1.29, 1.82) is 0 Å². The number of nitrogens with one attached hydrogen (secondary N) is 1. The maximum absolute atomic E-state index is 4.17. The molecule has 1 aromatic rings. The Kier molecular flexibility index (Phi) is 3.14. The van der Waals surface area contributed by atoms with Gasteiger partial charge in [0.15, 0.2) is 0 Å². The van der Waals surface area contributed by atoms with Gasteiger partial charge in [-0.05, 0) is 45.2 Å². The molecule has 0 amide bonds. The molecule has 14 heavy (non-hydrogen) atoms. The minimum absolute atomic E-state index is 0.755. The Balaban J connectivity index is 1.89. The van der Waals surface area contributed by atoms with E-state index in [1.807, 2.05) is 4.68 Å². The summed E-state index contributed by atoms with van der Waals surface area (Å²) in [5, 5.41) is 11.6. The number of aryl methyl sites for hydroxylation is 1. The summed E-state index contributed by atoms with van der Waals surface area (Å²) in [7, 11) is 0. The molecule has 1 aliphatic rings. The van der Waals surface area contributed by atoms with Crippen LogP contribution in [0, 0.1) is 5.92 Å². The topological polar surface area (TPSA) is 42.7 Å². The van der Waals surface area contributed by atoms with E-state index >= 15 is 0 Å². The van der Waals surface area contributed by atoms with Crippen LogP contribution in [0.5, 0.6) is 0 Å². The highest BCUT2D eigenvalue weighted by molar-refractivity contribution is 4.95. The molecule has 2 heterocycles. The van der Waals surface area contributed by atoms with Gasteiger partial charge in [-0.25, -0.2) is 0 Å². The van der Waals surface area contributed by atoms with Crippen LogP contribution in [0.3, 0.4) is 0 Å². The highest BCUT2D eigenvalue weighted by Gasteiger charge is 2.14. The lowest BCUT2D eigenvalue weighted by Gasteiger charge is -2.21. The van der Waals surface area contributed by atoms with Crippen LogP contribution in [0.4, 0.5) is 0 Å². The van der Waals surface area contributed by atoms with Crippen LogP contribution in [0.15, 0.2) is 6.20 Å². The monoisotopic (exact) mass is 194 g/mol. The molecule has 0 bridgehead atoms. The zero-order chi connectivity index (χ0) is 9.80. The molecule has 0 aromatic carbocycles. The molecule has 4 nitrogen and oxygen atoms in total. The first kappa shape index (κ1) is 9.65. The van der Waals surface area contributed by atoms with Gasteiger partial charge in [0.1, 0.15) is 0 Å². The van der Waals surface area contributed by atoms with Gasteiger partial charge in [0.05, 0.1) is 5.69 Å². The molecule has 1 saturated heterocycles. The predicted octanol–water partition coefficient (Wildman–Crippen LogP) is 0.840. The molecular formula is C10H18N4. The van der Waals surface area contributed by atoms with Crippen molar-refractivity contribution in [2.24, 2.45) is 5.92 Å². The Bertz CT molecular complexity index is 275. The molecular weight excluding hydrogens is 176 g/mol. The van der Waals surface area contributed by atoms with Crippen molar-refractivity contribution >= 4 is 0 Å². The fourth-order valence-corrected chi connectivity index (χ4v) is 1.98. The van der Waals surface area contributed by atoms with Crippen molar-refractivity contribution in [2.45, 2.75) is 32.7 Å². The van der Waals surface area contributed by atoms with E-state index in [1.54, 1.807) is 0 Å². The zero-order valence-corrected chi connectivity index (χ0v) is 8.74. The standard InChI is InChI=1S/C10H18N4/c1-2-14-8-10(12-13-14)6-9-4-3-5-11-7-9/h8-9,11H,2-7H2,1H3. The van der Waals surface area contributed by atoms with Crippen LogP contribution in [-0.4, -0.2) is 28.1 Å². The van der Waals surface area contributed by atoms with Crippen molar-refractivity contribution in [3.05, 3.63) is 11.9 Å². The Morgan fingerprint density at radius 3 is 3.21 bits per heavy atom. The van der Waals surface area contributed by atoms with E-state index in [9.17, 15) is 0 Å². The minimum atomic E-state index is 0.755. The first-order valence-corrected chi connectivity index (χ1v) is 5.48. The maximum Gasteiger partial charge on any atom is 0.0830 e. The SMILES string of the molecule is CCn1cc(CC2CCCNC2)nn1. The Labute approximate surface area is 84.7 Å². The molecule has 1 fully saturated rings. The molecule has 0 spiro atoms. The largest absolute Gasteiger partial charge is 0.316 e. The number of nitrogens with zero attached hydrogens (tertiary/aromatic N) is 3. The van der Waals surface area contributed by atoms with E-state index in [2.05, 4.69) is 28.7 Å². The fourth-order valence-electron chi connectivity index (χ4n) is 1.98. The molecule has 1 atom stereocenters. The minimum Gasteiger partial charge on any atom is -0.316 e. The van der Waals surface area contributed by atoms with Crippen LogP contribution in [0.25, 0.3) is 0 Å². The summed E-state index contributed by atoms with van der Waals surface area (Å²) in [5.41, 5.74) is 1.14. The van der Waals surface area contributed by atoms with Gasteiger partial charge in [0.25, 0.3) is 0 Å². The lowest BCUT2D eigenvalue weighted by Crippen LogP contribution is -2.30. The van der Waals surface area contributed by atoms with E-state index in [0.29, 0.717) is 0 Å². The second-order valence-electron chi connectivity index (χ2n) is 3.98. The summed E-state index contributed by atoms with van der Waals surface area (Å²) in [6.45, 7) is 5.31. The van der Waals surface area contributed by atoms with Gasteiger partial charge in [-0.15, -0.1) is 5.10 Å². The van der Waals surface area contributed by atoms with E-state index in [4.69, 9.17) is 0 Å². The summed E-state index contributed by atoms with van der Waals surface area (Å²) in [4.78, 5) is 0. The number of rotatable bonds is 3. The van der Waals surface area contributed by atoms with Gasteiger partial charge in [-0.1, -0.05) is 5.21 Å². The van der Waals surface area contributed by atoms with Crippen molar-refractivity contribution in [3.8, 4) is 0 Å². The van der Waals surface area contributed by atoms with Crippen LogP contribution in [0.2, 0.25) is 0 Å². The second kappa shape index (κ2) is 4.55. The highest BCUT2D eigenvalue weighted by atomic mass is 15.4. The van der Waals surface area contributed by atoms with Crippen LogP contribution >= 0.6 is 0 Å². The summed E-state index contributed by atoms with van der Waals surface area (Å²) in [5.74, 6) is 0.755. The van der Waals surface area contributed by atoms with Gasteiger partial charge in [-0.3, -0.25) is 4.68 Å². The molecule has 0 radical (unpaired) electrons. The van der Waals surface area contributed by atoms with Crippen LogP contribution in [0.1, 0.15) is 25.5 Å². The van der Waals surface area contributed by atoms with Crippen LogP contribution in [-0.2, 0) is 13.0 Å². The average molecular weight is 194 g/mol. The summed E-state index contributed by atoms with van der Waals surface area (Å²) in [6.07, 6.45) is 5.76. The molecule has 1 N–H and O–H groups in total. The summed E-state index contributed by atoms with van der Waals surface area (Å²) < 4.78 is 1.89. The Hall–Kier alpha value is -0.900. The van der Waals surface area contributed by atoms with Gasteiger partial charge < -0.3 is 5.32 Å². The van der Waals surface area contributed by atoms with E-state index in [0.717, 1.165) is 31.1 Å². The maximum atomic E-state index is 4.17. The van der Waals surface area contributed by atoms with Crippen molar-refractivity contribution < 1.29 is 0 Å². The number of aromatic nitrogens is 3. The first-order chi connectivity index (χ1) is 6.88. The lowest BCUT2D eigenvalue weighted by atomic mass is 9.95. The molecule has 2 rings (SSSR count). The summed E-state index contributed by atoms with van der Waals surface area (Å²) in [6, 6.07) is 0. The molecule has 4 heteroatoms. The van der Waals surface area contributed by atoms with Crippen LogP contribution < -0.4 is 5.32 Å². The third kappa shape index (κ3) is 2.32. The zero-order valence-electron chi connectivity index (χ0n) is 8.74. The van der Waals surface area contributed by atoms with Crippen molar-refractivity contribution in [2.75, 3.05) is 13.1 Å². The number of piperidine rings is 1. The normalized spacial score (nSPS) is 22.5. The molecule has 0 saturated carbocycles. The van der Waals surface area contributed by atoms with E-state index < -0.39 is 0 Å². The molecule has 1 aliphatic heterocycles. The van der Waals surface area contributed by atoms with E-state index in [1.165, 1.54) is 19.4 Å². The predicted molar refractivity (Wildman–Crippen MR) is 55.0 cm³/mol. The summed E-state index contributed by atoms with van der Waals surface area (Å²) >= 11 is 0. The third-order valence-electron chi connectivity index (χ3n) is 2.81. The smallest absolute Gasteiger partial charge is 0.0830 e. The number of hydrogen-bond acceptors (Lipinski definition) is 3. The quantitative estimate of drug-likeness (QED) is 0.775. The Morgan fingerprint density at radius 2 is 2.57 bits per heavy atom. The van der Waals surface area contributed by atoms with Gasteiger partial charge in [0, 0.05) is 12.7 Å². The highest BCUT2D eigenvalue weighted by Crippen LogP contribution is 2.14. The molecule has 0 aliphatic carbocycles. The average Bonchev–Trinajstić information content (AvgIpc) is 2.67. The third-order valence-corrected chi connectivity index (χ3v) is 2.81. The van der Waals surface area contributed by atoms with E-state index in [-0.39, 0.29) is 0 Å². The Morgan fingerprint density at radius 1 is 1.64 bits per heavy atom.